The number of tetrazole rings is 1. The number of benzene rings is 2. The molecule has 0 saturated carbocycles. The maximum absolute atomic E-state index is 13.2. The molecule has 1 heterocycles. The molecule has 7 nitrogen and oxygen atoms in total. The van der Waals surface area contributed by atoms with Gasteiger partial charge < -0.3 is 9.80 Å². The number of carbonyl (C=O) groups is 1. The van der Waals surface area contributed by atoms with E-state index in [1.165, 1.54) is 11.0 Å². The summed E-state index contributed by atoms with van der Waals surface area (Å²) in [5, 5.41) is 11.8. The highest BCUT2D eigenvalue weighted by atomic mass is 35.5. The van der Waals surface area contributed by atoms with E-state index in [1.807, 2.05) is 55.4 Å². The van der Waals surface area contributed by atoms with Gasteiger partial charge >= 0.3 is 0 Å². The highest BCUT2D eigenvalue weighted by Gasteiger charge is 2.17. The van der Waals surface area contributed by atoms with Gasteiger partial charge in [-0.2, -0.15) is 0 Å². The van der Waals surface area contributed by atoms with Gasteiger partial charge in [0.25, 0.3) is 5.91 Å². The molecule has 8 heteroatoms. The molecule has 0 radical (unpaired) electrons. The van der Waals surface area contributed by atoms with E-state index in [0.717, 1.165) is 17.8 Å². The molecular formula is C19H21ClN6O. The molecule has 0 aliphatic carbocycles. The van der Waals surface area contributed by atoms with Gasteiger partial charge in [0.05, 0.1) is 5.69 Å². The second kappa shape index (κ2) is 8.75. The van der Waals surface area contributed by atoms with Crippen LogP contribution in [-0.2, 0) is 6.54 Å². The molecule has 0 aliphatic rings. The van der Waals surface area contributed by atoms with E-state index in [1.54, 1.807) is 12.1 Å². The zero-order valence-corrected chi connectivity index (χ0v) is 16.0. The smallest absolute Gasteiger partial charge is 0.254 e. The Hall–Kier alpha value is -2.77. The fourth-order valence-corrected chi connectivity index (χ4v) is 2.75. The number of carbonyl (C=O) groups excluding carboxylic acids is 1. The molecule has 0 saturated heterocycles. The van der Waals surface area contributed by atoms with Crippen LogP contribution in [0.4, 0.5) is 0 Å². The molecule has 2 aromatic carbocycles. The quantitative estimate of drug-likeness (QED) is 0.626. The fraction of sp³-hybridized carbons (Fsp3) is 0.263. The molecule has 3 aromatic rings. The highest BCUT2D eigenvalue weighted by Crippen LogP contribution is 2.15. The van der Waals surface area contributed by atoms with Gasteiger partial charge in [-0.1, -0.05) is 29.8 Å². The molecule has 0 atom stereocenters. The van der Waals surface area contributed by atoms with Crippen LogP contribution in [0.5, 0.6) is 0 Å². The first-order chi connectivity index (χ1) is 13.0. The van der Waals surface area contributed by atoms with Gasteiger partial charge in [-0.15, -0.1) is 5.10 Å². The van der Waals surface area contributed by atoms with Crippen LogP contribution < -0.4 is 0 Å². The van der Waals surface area contributed by atoms with E-state index in [4.69, 9.17) is 11.6 Å². The van der Waals surface area contributed by atoms with Gasteiger partial charge in [0.2, 0.25) is 0 Å². The van der Waals surface area contributed by atoms with Gasteiger partial charge in [-0.25, -0.2) is 4.68 Å². The first-order valence-electron chi connectivity index (χ1n) is 8.55. The van der Waals surface area contributed by atoms with Crippen molar-refractivity contribution in [3.63, 3.8) is 0 Å². The van der Waals surface area contributed by atoms with Gasteiger partial charge in [-0.3, -0.25) is 4.79 Å². The van der Waals surface area contributed by atoms with Crippen molar-refractivity contribution in [3.8, 4) is 5.69 Å². The summed E-state index contributed by atoms with van der Waals surface area (Å²) in [6.07, 6.45) is 1.50. The number of amides is 1. The monoisotopic (exact) mass is 384 g/mol. The molecule has 0 aliphatic heterocycles. The van der Waals surface area contributed by atoms with Crippen LogP contribution >= 0.6 is 11.6 Å². The molecular weight excluding hydrogens is 364 g/mol. The number of hydrogen-bond acceptors (Lipinski definition) is 5. The Balaban J connectivity index is 1.83. The van der Waals surface area contributed by atoms with Crippen molar-refractivity contribution < 1.29 is 4.79 Å². The first kappa shape index (κ1) is 19.0. The summed E-state index contributed by atoms with van der Waals surface area (Å²) in [4.78, 5) is 17.1. The van der Waals surface area contributed by atoms with Crippen molar-refractivity contribution in [2.75, 3.05) is 27.2 Å². The molecule has 27 heavy (non-hydrogen) atoms. The lowest BCUT2D eigenvalue weighted by Crippen LogP contribution is -2.36. The third kappa shape index (κ3) is 5.12. The fourth-order valence-electron chi connectivity index (χ4n) is 2.63. The van der Waals surface area contributed by atoms with Gasteiger partial charge in [-0.05, 0) is 60.4 Å². The Bertz CT molecular complexity index is 879. The van der Waals surface area contributed by atoms with E-state index < -0.39 is 0 Å². The maximum atomic E-state index is 13.2. The van der Waals surface area contributed by atoms with Crippen LogP contribution in [0.3, 0.4) is 0 Å². The molecule has 0 fully saturated rings. The van der Waals surface area contributed by atoms with Gasteiger partial charge in [0, 0.05) is 30.2 Å². The summed E-state index contributed by atoms with van der Waals surface area (Å²) >= 11 is 5.97. The molecule has 0 spiro atoms. The Morgan fingerprint density at radius 3 is 2.56 bits per heavy atom. The van der Waals surface area contributed by atoms with E-state index in [0.29, 0.717) is 23.7 Å². The predicted molar refractivity (Wildman–Crippen MR) is 104 cm³/mol. The largest absolute Gasteiger partial charge is 0.333 e. The number of rotatable bonds is 7. The molecule has 1 aromatic heterocycles. The van der Waals surface area contributed by atoms with E-state index >= 15 is 0 Å². The number of nitrogens with zero attached hydrogens (tertiary/aromatic N) is 6. The van der Waals surface area contributed by atoms with Gasteiger partial charge in [0.1, 0.15) is 6.33 Å². The number of hydrogen-bond donors (Lipinski definition) is 0. The minimum Gasteiger partial charge on any atom is -0.333 e. The number of aromatic nitrogens is 4. The minimum absolute atomic E-state index is 0.0401. The van der Waals surface area contributed by atoms with Crippen molar-refractivity contribution in [1.82, 2.24) is 30.0 Å². The first-order valence-corrected chi connectivity index (χ1v) is 8.92. The Morgan fingerprint density at radius 2 is 1.89 bits per heavy atom. The normalized spacial score (nSPS) is 11.0. The molecule has 1 amide bonds. The second-order valence-corrected chi connectivity index (χ2v) is 6.90. The summed E-state index contributed by atoms with van der Waals surface area (Å²) in [5.74, 6) is -0.0401. The highest BCUT2D eigenvalue weighted by molar-refractivity contribution is 6.30. The summed E-state index contributed by atoms with van der Waals surface area (Å²) in [6, 6.07) is 14.8. The lowest BCUT2D eigenvalue weighted by atomic mass is 10.1. The van der Waals surface area contributed by atoms with Crippen molar-refractivity contribution in [3.05, 3.63) is 71.0 Å². The van der Waals surface area contributed by atoms with Crippen molar-refractivity contribution in [2.45, 2.75) is 6.54 Å². The zero-order chi connectivity index (χ0) is 19.2. The van der Waals surface area contributed by atoms with Crippen LogP contribution in [0.15, 0.2) is 54.9 Å². The SMILES string of the molecule is CN(C)CCN(Cc1ccc(Cl)cc1)C(=O)c1cccc(-n2cnnn2)c1. The van der Waals surface area contributed by atoms with Crippen molar-refractivity contribution in [2.24, 2.45) is 0 Å². The third-order valence-corrected chi connectivity index (χ3v) is 4.35. The third-order valence-electron chi connectivity index (χ3n) is 4.10. The van der Waals surface area contributed by atoms with Crippen LogP contribution in [0.1, 0.15) is 15.9 Å². The summed E-state index contributed by atoms with van der Waals surface area (Å²) in [5.41, 5.74) is 2.36. The van der Waals surface area contributed by atoms with E-state index in [2.05, 4.69) is 20.4 Å². The lowest BCUT2D eigenvalue weighted by Gasteiger charge is -2.25. The zero-order valence-electron chi connectivity index (χ0n) is 15.3. The van der Waals surface area contributed by atoms with Crippen LogP contribution in [0.2, 0.25) is 5.02 Å². The molecule has 0 unspecified atom stereocenters. The number of likely N-dealkylation sites (N-methyl/N-ethyl adjacent to an activating group) is 1. The molecule has 140 valence electrons. The van der Waals surface area contributed by atoms with Crippen LogP contribution in [-0.4, -0.2) is 63.1 Å². The lowest BCUT2D eigenvalue weighted by molar-refractivity contribution is 0.0732. The van der Waals surface area contributed by atoms with Crippen LogP contribution in [0, 0.1) is 0 Å². The van der Waals surface area contributed by atoms with Gasteiger partial charge in [0.15, 0.2) is 0 Å². The van der Waals surface area contributed by atoms with Crippen molar-refractivity contribution >= 4 is 17.5 Å². The molecule has 3 rings (SSSR count). The second-order valence-electron chi connectivity index (χ2n) is 6.46. The standard InChI is InChI=1S/C19H21ClN6O/c1-24(2)10-11-25(13-15-6-8-17(20)9-7-15)19(27)16-4-3-5-18(12-16)26-14-21-22-23-26/h3-9,12,14H,10-11,13H2,1-2H3. The Morgan fingerprint density at radius 1 is 1.11 bits per heavy atom. The van der Waals surface area contributed by atoms with Crippen molar-refractivity contribution in [1.29, 1.82) is 0 Å². The molecule has 0 bridgehead atoms. The maximum Gasteiger partial charge on any atom is 0.254 e. The summed E-state index contributed by atoms with van der Waals surface area (Å²) in [7, 11) is 3.98. The summed E-state index contributed by atoms with van der Waals surface area (Å²) < 4.78 is 1.53. The minimum atomic E-state index is -0.0401. The van der Waals surface area contributed by atoms with Crippen LogP contribution in [0.25, 0.3) is 5.69 Å². The predicted octanol–water partition coefficient (Wildman–Crippen LogP) is 2.52. The topological polar surface area (TPSA) is 67.2 Å². The number of halogens is 1. The van der Waals surface area contributed by atoms with E-state index in [-0.39, 0.29) is 5.91 Å². The molecule has 0 N–H and O–H groups in total. The average Bonchev–Trinajstić information content (AvgIpc) is 3.21. The summed E-state index contributed by atoms with van der Waals surface area (Å²) in [6.45, 7) is 1.90. The Labute approximate surface area is 163 Å². The Kier molecular flexibility index (Phi) is 6.16. The van der Waals surface area contributed by atoms with E-state index in [9.17, 15) is 4.79 Å². The average molecular weight is 385 g/mol.